The Balaban J connectivity index is 1.29. The monoisotopic (exact) mass is 389 g/mol. The van der Waals surface area contributed by atoms with E-state index in [2.05, 4.69) is 45.9 Å². The lowest BCUT2D eigenvalue weighted by Crippen LogP contribution is -2.28. The molecule has 2 atom stereocenters. The van der Waals surface area contributed by atoms with E-state index in [1.165, 1.54) is 22.6 Å². The van der Waals surface area contributed by atoms with Gasteiger partial charge in [-0.25, -0.2) is 4.98 Å². The molecule has 5 nitrogen and oxygen atoms in total. The lowest BCUT2D eigenvalue weighted by molar-refractivity contribution is 0.307. The maximum atomic E-state index is 5.29. The van der Waals surface area contributed by atoms with Crippen molar-refractivity contribution in [3.63, 3.8) is 0 Å². The minimum absolute atomic E-state index is 0.687. The lowest BCUT2D eigenvalue weighted by atomic mass is 9.89. The second-order valence-electron chi connectivity index (χ2n) is 8.17. The van der Waals surface area contributed by atoms with Gasteiger partial charge in [-0.1, -0.05) is 12.1 Å². The summed E-state index contributed by atoms with van der Waals surface area (Å²) >= 11 is 0. The molecule has 5 heteroatoms. The largest absolute Gasteiger partial charge is 0.497 e. The fourth-order valence-corrected chi connectivity index (χ4v) is 4.83. The molecule has 0 amide bonds. The molecule has 2 aliphatic rings. The van der Waals surface area contributed by atoms with Crippen molar-refractivity contribution >= 4 is 0 Å². The molecule has 150 valence electrons. The second kappa shape index (κ2) is 7.56. The van der Waals surface area contributed by atoms with Crippen LogP contribution in [0.1, 0.15) is 11.4 Å². The predicted octanol–water partition coefficient (Wildman–Crippen LogP) is 3.87. The van der Waals surface area contributed by atoms with Gasteiger partial charge in [0.25, 0.3) is 0 Å². The summed E-state index contributed by atoms with van der Waals surface area (Å²) in [5.74, 6) is 4.42. The van der Waals surface area contributed by atoms with E-state index in [0.29, 0.717) is 11.8 Å². The molecule has 0 N–H and O–H groups in total. The Morgan fingerprint density at radius 3 is 2.21 bits per heavy atom. The van der Waals surface area contributed by atoms with Crippen molar-refractivity contribution in [2.45, 2.75) is 19.5 Å². The zero-order valence-corrected chi connectivity index (χ0v) is 17.0. The Labute approximate surface area is 171 Å². The van der Waals surface area contributed by atoms with Gasteiger partial charge in [-0.3, -0.25) is 4.90 Å². The molecule has 3 aromatic rings. The summed E-state index contributed by atoms with van der Waals surface area (Å²) in [6, 6.07) is 16.7. The van der Waals surface area contributed by atoms with Crippen molar-refractivity contribution in [3.8, 4) is 22.8 Å². The molecule has 0 bridgehead atoms. The molecular weight excluding hydrogens is 362 g/mol. The van der Waals surface area contributed by atoms with Gasteiger partial charge in [0.15, 0.2) is 0 Å². The number of ether oxygens (including phenoxy) is 2. The quantitative estimate of drug-likeness (QED) is 0.664. The standard InChI is InChI=1S/C24H27N3O2/c1-28-21-7-3-17(4-8-21)13-26-14-19-11-24-25-12-23(27(24)16-20(19)15-26)18-5-9-22(29-2)10-6-18/h3-10,12,19-20H,11,13-16H2,1-2H3. The maximum absolute atomic E-state index is 5.29. The van der Waals surface area contributed by atoms with E-state index in [1.54, 1.807) is 14.2 Å². The molecule has 3 heterocycles. The second-order valence-corrected chi connectivity index (χ2v) is 8.17. The summed E-state index contributed by atoms with van der Waals surface area (Å²) in [5, 5.41) is 0. The van der Waals surface area contributed by atoms with Gasteiger partial charge in [0.2, 0.25) is 0 Å². The molecule has 2 aromatic carbocycles. The third-order valence-corrected chi connectivity index (χ3v) is 6.40. The van der Waals surface area contributed by atoms with E-state index in [9.17, 15) is 0 Å². The van der Waals surface area contributed by atoms with E-state index < -0.39 is 0 Å². The van der Waals surface area contributed by atoms with Crippen LogP contribution in [0.25, 0.3) is 11.3 Å². The molecule has 1 saturated heterocycles. The zero-order chi connectivity index (χ0) is 19.8. The number of imidazole rings is 1. The number of likely N-dealkylation sites (tertiary alicyclic amines) is 1. The van der Waals surface area contributed by atoms with Gasteiger partial charge < -0.3 is 14.0 Å². The topological polar surface area (TPSA) is 39.5 Å². The summed E-state index contributed by atoms with van der Waals surface area (Å²) in [4.78, 5) is 7.36. The number of fused-ring (bicyclic) bond motifs is 2. The summed E-state index contributed by atoms with van der Waals surface area (Å²) in [5.41, 5.74) is 3.77. The minimum atomic E-state index is 0.687. The van der Waals surface area contributed by atoms with Crippen molar-refractivity contribution in [2.75, 3.05) is 27.3 Å². The minimum Gasteiger partial charge on any atom is -0.497 e. The van der Waals surface area contributed by atoms with E-state index in [0.717, 1.165) is 44.1 Å². The fourth-order valence-electron chi connectivity index (χ4n) is 4.83. The maximum Gasteiger partial charge on any atom is 0.118 e. The van der Waals surface area contributed by atoms with Crippen LogP contribution in [0, 0.1) is 11.8 Å². The van der Waals surface area contributed by atoms with E-state index in [-0.39, 0.29) is 0 Å². The number of hydrogen-bond acceptors (Lipinski definition) is 4. The lowest BCUT2D eigenvalue weighted by Gasteiger charge is -2.27. The van der Waals surface area contributed by atoms with Crippen molar-refractivity contribution in [2.24, 2.45) is 11.8 Å². The molecule has 5 rings (SSSR count). The summed E-state index contributed by atoms with van der Waals surface area (Å²) < 4.78 is 13.0. The van der Waals surface area contributed by atoms with Gasteiger partial charge in [0.1, 0.15) is 17.3 Å². The van der Waals surface area contributed by atoms with Crippen LogP contribution in [-0.4, -0.2) is 41.8 Å². The van der Waals surface area contributed by atoms with E-state index >= 15 is 0 Å². The van der Waals surface area contributed by atoms with Crippen LogP contribution in [-0.2, 0) is 19.5 Å². The molecule has 1 aromatic heterocycles. The van der Waals surface area contributed by atoms with Crippen molar-refractivity contribution in [1.82, 2.24) is 14.5 Å². The summed E-state index contributed by atoms with van der Waals surface area (Å²) in [7, 11) is 3.41. The van der Waals surface area contributed by atoms with Crippen LogP contribution in [0.3, 0.4) is 0 Å². The molecule has 0 spiro atoms. The first kappa shape index (κ1) is 18.3. The van der Waals surface area contributed by atoms with Crippen molar-refractivity contribution < 1.29 is 9.47 Å². The molecule has 29 heavy (non-hydrogen) atoms. The number of rotatable bonds is 5. The average Bonchev–Trinajstić information content (AvgIpc) is 3.35. The first-order valence-electron chi connectivity index (χ1n) is 10.3. The molecule has 2 aliphatic heterocycles. The zero-order valence-electron chi connectivity index (χ0n) is 17.0. The molecule has 2 unspecified atom stereocenters. The Kier molecular flexibility index (Phi) is 4.76. The van der Waals surface area contributed by atoms with Gasteiger partial charge >= 0.3 is 0 Å². The van der Waals surface area contributed by atoms with Crippen LogP contribution < -0.4 is 9.47 Å². The molecule has 0 radical (unpaired) electrons. The third kappa shape index (κ3) is 3.51. The highest BCUT2D eigenvalue weighted by Gasteiger charge is 2.37. The Morgan fingerprint density at radius 2 is 1.52 bits per heavy atom. The molecule has 0 saturated carbocycles. The number of nitrogens with zero attached hydrogens (tertiary/aromatic N) is 3. The molecule has 1 fully saturated rings. The Bertz CT molecular complexity index is 978. The van der Waals surface area contributed by atoms with E-state index in [4.69, 9.17) is 14.5 Å². The van der Waals surface area contributed by atoms with Crippen LogP contribution in [0.4, 0.5) is 0 Å². The average molecular weight is 389 g/mol. The van der Waals surface area contributed by atoms with Crippen LogP contribution >= 0.6 is 0 Å². The number of benzene rings is 2. The first-order chi connectivity index (χ1) is 14.2. The highest BCUT2D eigenvalue weighted by Crippen LogP contribution is 2.36. The predicted molar refractivity (Wildman–Crippen MR) is 113 cm³/mol. The summed E-state index contributed by atoms with van der Waals surface area (Å²) in [6.45, 7) is 4.36. The van der Waals surface area contributed by atoms with Gasteiger partial charge in [-0.15, -0.1) is 0 Å². The number of aromatic nitrogens is 2. The highest BCUT2D eigenvalue weighted by molar-refractivity contribution is 5.60. The number of methoxy groups -OCH3 is 2. The molecular formula is C24H27N3O2. The normalized spacial score (nSPS) is 20.9. The van der Waals surface area contributed by atoms with E-state index in [1.807, 2.05) is 18.3 Å². The highest BCUT2D eigenvalue weighted by atomic mass is 16.5. The van der Waals surface area contributed by atoms with Crippen molar-refractivity contribution in [1.29, 1.82) is 0 Å². The Hall–Kier alpha value is -2.79. The van der Waals surface area contributed by atoms with Gasteiger partial charge in [0, 0.05) is 38.2 Å². The molecule has 0 aliphatic carbocycles. The SMILES string of the molecule is COc1ccc(CN2CC3Cc4ncc(-c5ccc(OC)cc5)n4CC3C2)cc1. The van der Waals surface area contributed by atoms with Crippen LogP contribution in [0.2, 0.25) is 0 Å². The first-order valence-corrected chi connectivity index (χ1v) is 10.3. The van der Waals surface area contributed by atoms with Crippen molar-refractivity contribution in [3.05, 3.63) is 66.1 Å². The van der Waals surface area contributed by atoms with Crippen LogP contribution in [0.5, 0.6) is 11.5 Å². The fraction of sp³-hybridized carbons (Fsp3) is 0.375. The van der Waals surface area contributed by atoms with Crippen LogP contribution in [0.15, 0.2) is 54.7 Å². The van der Waals surface area contributed by atoms with Gasteiger partial charge in [0.05, 0.1) is 26.1 Å². The Morgan fingerprint density at radius 1 is 0.862 bits per heavy atom. The van der Waals surface area contributed by atoms with Gasteiger partial charge in [-0.05, 0) is 53.8 Å². The third-order valence-electron chi connectivity index (χ3n) is 6.40. The summed E-state index contributed by atoms with van der Waals surface area (Å²) in [6.07, 6.45) is 3.10. The van der Waals surface area contributed by atoms with Gasteiger partial charge in [-0.2, -0.15) is 0 Å². The smallest absolute Gasteiger partial charge is 0.118 e. The number of hydrogen-bond donors (Lipinski definition) is 0.